The van der Waals surface area contributed by atoms with Crippen molar-refractivity contribution < 1.29 is 23.5 Å². The highest BCUT2D eigenvalue weighted by atomic mass is 16.4. The van der Waals surface area contributed by atoms with Crippen LogP contribution in [0.1, 0.15) is 47.8 Å². The fourth-order valence-electron chi connectivity index (χ4n) is 3.65. The molecule has 1 amide bonds. The van der Waals surface area contributed by atoms with Crippen molar-refractivity contribution in [2.75, 3.05) is 0 Å². The van der Waals surface area contributed by atoms with Gasteiger partial charge in [-0.1, -0.05) is 13.3 Å². The Hall–Kier alpha value is -3.09. The van der Waals surface area contributed by atoms with Gasteiger partial charge in [0.1, 0.15) is 23.0 Å². The van der Waals surface area contributed by atoms with Crippen LogP contribution in [0.2, 0.25) is 0 Å². The van der Waals surface area contributed by atoms with Crippen molar-refractivity contribution in [2.45, 2.75) is 59.9 Å². The number of furan rings is 1. The molecule has 3 aromatic rings. The minimum Gasteiger partial charge on any atom is -0.480 e. The highest BCUT2D eigenvalue weighted by Gasteiger charge is 2.23. The van der Waals surface area contributed by atoms with Crippen molar-refractivity contribution in [1.82, 2.24) is 5.32 Å². The van der Waals surface area contributed by atoms with Crippen molar-refractivity contribution in [3.63, 3.8) is 0 Å². The lowest BCUT2D eigenvalue weighted by molar-refractivity contribution is -0.141. The summed E-state index contributed by atoms with van der Waals surface area (Å²) in [6, 6.07) is 0.944. The van der Waals surface area contributed by atoms with Gasteiger partial charge in [0, 0.05) is 16.3 Å². The number of carbonyl (C=O) groups is 2. The predicted octanol–water partition coefficient (Wildman–Crippen LogP) is 3.68. The highest BCUT2D eigenvalue weighted by Crippen LogP contribution is 2.34. The van der Waals surface area contributed by atoms with Gasteiger partial charge in [0.25, 0.3) is 0 Å². The SMILES string of the molecule is CCCC(NC(=O)Cc1c(C)c2cc3c(C)c(C)oc3c(C)c2oc1=O)C(=O)O. The fraction of sp³-hybridized carbons (Fsp3) is 0.409. The number of fused-ring (bicyclic) bond motifs is 2. The zero-order valence-corrected chi connectivity index (χ0v) is 17.3. The third-order valence-electron chi connectivity index (χ3n) is 5.49. The molecule has 154 valence electrons. The number of hydrogen-bond acceptors (Lipinski definition) is 5. The molecule has 1 atom stereocenters. The molecule has 0 saturated heterocycles. The summed E-state index contributed by atoms with van der Waals surface area (Å²) in [5, 5.41) is 13.4. The second-order valence-corrected chi connectivity index (χ2v) is 7.46. The average Bonchev–Trinajstić information content (AvgIpc) is 2.94. The predicted molar refractivity (Wildman–Crippen MR) is 109 cm³/mol. The smallest absolute Gasteiger partial charge is 0.340 e. The van der Waals surface area contributed by atoms with Gasteiger partial charge in [0.2, 0.25) is 5.91 Å². The lowest BCUT2D eigenvalue weighted by Crippen LogP contribution is -2.41. The maximum atomic E-state index is 12.6. The number of carboxylic acid groups (broad SMARTS) is 1. The standard InChI is InChI=1S/C22H25NO6/c1-6-7-17(21(25)26)23-18(24)9-16-11(3)15-8-14-10(2)13(5)28-19(14)12(4)20(15)29-22(16)27/h8,17H,6-7,9H2,1-5H3,(H,23,24)(H,25,26). The number of benzene rings is 1. The van der Waals surface area contributed by atoms with E-state index < -0.39 is 23.5 Å². The number of carbonyl (C=O) groups excluding carboxylic acids is 1. The summed E-state index contributed by atoms with van der Waals surface area (Å²) < 4.78 is 11.4. The van der Waals surface area contributed by atoms with Gasteiger partial charge in [0.15, 0.2) is 0 Å². The van der Waals surface area contributed by atoms with Crippen LogP contribution in [0.25, 0.3) is 21.9 Å². The molecule has 3 rings (SSSR count). The molecular weight excluding hydrogens is 374 g/mol. The molecule has 2 N–H and O–H groups in total. The molecular formula is C22H25NO6. The second-order valence-electron chi connectivity index (χ2n) is 7.46. The maximum Gasteiger partial charge on any atom is 0.340 e. The van der Waals surface area contributed by atoms with E-state index in [9.17, 15) is 19.5 Å². The first-order chi connectivity index (χ1) is 13.6. The average molecular weight is 399 g/mol. The minimum atomic E-state index is -1.09. The molecule has 0 bridgehead atoms. The summed E-state index contributed by atoms with van der Waals surface area (Å²) in [6.45, 7) is 9.30. The summed E-state index contributed by atoms with van der Waals surface area (Å²) >= 11 is 0. The lowest BCUT2D eigenvalue weighted by Gasteiger charge is -2.14. The van der Waals surface area contributed by atoms with Gasteiger partial charge in [-0.15, -0.1) is 0 Å². The summed E-state index contributed by atoms with van der Waals surface area (Å²) in [6.07, 6.45) is 0.702. The number of nitrogens with one attached hydrogen (secondary N) is 1. The topological polar surface area (TPSA) is 110 Å². The Kier molecular flexibility index (Phi) is 5.50. The molecule has 0 fully saturated rings. The number of hydrogen-bond donors (Lipinski definition) is 2. The molecule has 0 aliphatic rings. The largest absolute Gasteiger partial charge is 0.480 e. The van der Waals surface area contributed by atoms with E-state index in [0.29, 0.717) is 29.6 Å². The Labute approximate surface area is 167 Å². The normalized spacial score (nSPS) is 12.4. The molecule has 0 spiro atoms. The van der Waals surface area contributed by atoms with E-state index in [1.807, 2.05) is 33.8 Å². The van der Waals surface area contributed by atoms with Crippen LogP contribution in [0.4, 0.5) is 0 Å². The third-order valence-corrected chi connectivity index (χ3v) is 5.49. The van der Waals surface area contributed by atoms with E-state index >= 15 is 0 Å². The molecule has 1 unspecified atom stereocenters. The summed E-state index contributed by atoms with van der Waals surface area (Å²) in [5.74, 6) is -0.811. The molecule has 7 nitrogen and oxygen atoms in total. The molecule has 0 radical (unpaired) electrons. The molecule has 2 aromatic heterocycles. The number of aliphatic carboxylic acids is 1. The van der Waals surface area contributed by atoms with Crippen LogP contribution in [-0.2, 0) is 16.0 Å². The monoisotopic (exact) mass is 399 g/mol. The minimum absolute atomic E-state index is 0.229. The molecule has 0 aliphatic heterocycles. The summed E-state index contributed by atoms with van der Waals surface area (Å²) in [7, 11) is 0. The Bertz CT molecular complexity index is 1180. The van der Waals surface area contributed by atoms with Crippen LogP contribution in [-0.4, -0.2) is 23.0 Å². The Balaban J connectivity index is 2.06. The first-order valence-electron chi connectivity index (χ1n) is 9.63. The first-order valence-corrected chi connectivity index (χ1v) is 9.63. The molecule has 2 heterocycles. The number of aryl methyl sites for hydroxylation is 4. The Morgan fingerprint density at radius 3 is 2.28 bits per heavy atom. The molecule has 0 saturated carbocycles. The van der Waals surface area contributed by atoms with Gasteiger partial charge >= 0.3 is 11.6 Å². The van der Waals surface area contributed by atoms with Crippen LogP contribution in [0.5, 0.6) is 0 Å². The highest BCUT2D eigenvalue weighted by molar-refractivity contribution is 6.00. The van der Waals surface area contributed by atoms with Crippen LogP contribution in [0, 0.1) is 27.7 Å². The quantitative estimate of drug-likeness (QED) is 0.612. The third kappa shape index (κ3) is 3.64. The van der Waals surface area contributed by atoms with Gasteiger partial charge in [-0.2, -0.15) is 0 Å². The summed E-state index contributed by atoms with van der Waals surface area (Å²) in [4.78, 5) is 36.3. The van der Waals surface area contributed by atoms with Gasteiger partial charge in [-0.25, -0.2) is 9.59 Å². The first kappa shape index (κ1) is 20.6. The van der Waals surface area contributed by atoms with Crippen molar-refractivity contribution in [3.8, 4) is 0 Å². The molecule has 29 heavy (non-hydrogen) atoms. The van der Waals surface area contributed by atoms with Crippen molar-refractivity contribution in [2.24, 2.45) is 0 Å². The van der Waals surface area contributed by atoms with Crippen LogP contribution >= 0.6 is 0 Å². The zero-order chi connectivity index (χ0) is 21.5. The van der Waals surface area contributed by atoms with Crippen molar-refractivity contribution in [1.29, 1.82) is 0 Å². The van der Waals surface area contributed by atoms with Gasteiger partial charge in [0.05, 0.1) is 12.0 Å². The second kappa shape index (κ2) is 7.73. The molecule has 0 aliphatic carbocycles. The van der Waals surface area contributed by atoms with Gasteiger partial charge in [-0.05, 0) is 51.3 Å². The van der Waals surface area contributed by atoms with E-state index in [2.05, 4.69) is 5.32 Å². The van der Waals surface area contributed by atoms with Crippen LogP contribution in [0.3, 0.4) is 0 Å². The van der Waals surface area contributed by atoms with Gasteiger partial charge in [-0.3, -0.25) is 4.79 Å². The van der Waals surface area contributed by atoms with Crippen LogP contribution < -0.4 is 10.9 Å². The van der Waals surface area contributed by atoms with Crippen molar-refractivity contribution in [3.05, 3.63) is 44.5 Å². The van der Waals surface area contributed by atoms with E-state index in [0.717, 1.165) is 27.7 Å². The maximum absolute atomic E-state index is 12.6. The molecule has 1 aromatic carbocycles. The Morgan fingerprint density at radius 1 is 1.03 bits per heavy atom. The number of carboxylic acids is 1. The number of rotatable bonds is 6. The van der Waals surface area contributed by atoms with Gasteiger partial charge < -0.3 is 19.3 Å². The van der Waals surface area contributed by atoms with E-state index in [1.165, 1.54) is 0 Å². The van der Waals surface area contributed by atoms with Crippen LogP contribution in [0.15, 0.2) is 19.7 Å². The van der Waals surface area contributed by atoms with E-state index in [1.54, 1.807) is 6.92 Å². The Morgan fingerprint density at radius 2 is 1.66 bits per heavy atom. The zero-order valence-electron chi connectivity index (χ0n) is 17.3. The van der Waals surface area contributed by atoms with E-state index in [4.69, 9.17) is 8.83 Å². The molecule has 7 heteroatoms. The number of amides is 1. The van der Waals surface area contributed by atoms with E-state index in [-0.39, 0.29) is 12.0 Å². The summed E-state index contributed by atoms with van der Waals surface area (Å²) in [5.41, 5.74) is 3.15. The van der Waals surface area contributed by atoms with Crippen molar-refractivity contribution >= 4 is 33.8 Å². The fourth-order valence-corrected chi connectivity index (χ4v) is 3.65. The lowest BCUT2D eigenvalue weighted by atomic mass is 9.98.